The number of hydrogen-bond acceptors (Lipinski definition) is 1. The summed E-state index contributed by atoms with van der Waals surface area (Å²) in [5, 5.41) is 9.74. The Balaban J connectivity index is 3.80. The van der Waals surface area contributed by atoms with Gasteiger partial charge in [0.1, 0.15) is 0 Å². The number of aliphatic hydroxyl groups is 1. The van der Waals surface area contributed by atoms with E-state index in [0.29, 0.717) is 5.92 Å². The average molecular weight is 196 g/mol. The van der Waals surface area contributed by atoms with Crippen LogP contribution in [0.5, 0.6) is 0 Å². The third kappa shape index (κ3) is 6.05. The number of hydrogen-bond donors (Lipinski definition) is 1. The van der Waals surface area contributed by atoms with Crippen molar-refractivity contribution in [2.45, 2.75) is 60.0 Å². The molecule has 0 bridgehead atoms. The number of aliphatic hydroxyl groups excluding tert-OH is 1. The molecule has 0 fully saturated rings. The van der Waals surface area contributed by atoms with Gasteiger partial charge in [-0.2, -0.15) is 0 Å². The van der Waals surface area contributed by atoms with Gasteiger partial charge in [-0.05, 0) is 31.1 Å². The van der Waals surface area contributed by atoms with Crippen molar-refractivity contribution in [3.8, 4) is 11.8 Å². The Morgan fingerprint density at radius 2 is 1.86 bits per heavy atom. The molecule has 1 heteroatoms. The molecule has 0 aromatic heterocycles. The molecule has 0 saturated carbocycles. The predicted octanol–water partition coefficient (Wildman–Crippen LogP) is 3.22. The normalized spacial score (nSPS) is 15.6. The summed E-state index contributed by atoms with van der Waals surface area (Å²) < 4.78 is 0. The van der Waals surface area contributed by atoms with Crippen LogP contribution in [0.3, 0.4) is 0 Å². The van der Waals surface area contributed by atoms with Gasteiger partial charge >= 0.3 is 0 Å². The first-order valence-corrected chi connectivity index (χ1v) is 5.45. The van der Waals surface area contributed by atoms with Gasteiger partial charge in [0.2, 0.25) is 0 Å². The van der Waals surface area contributed by atoms with E-state index >= 15 is 0 Å². The van der Waals surface area contributed by atoms with E-state index in [9.17, 15) is 5.11 Å². The lowest BCUT2D eigenvalue weighted by Gasteiger charge is -2.28. The van der Waals surface area contributed by atoms with Crippen molar-refractivity contribution in [1.82, 2.24) is 0 Å². The standard InChI is InChI=1S/C13H24O/c1-6-7-8-9-12(14)10-11(2)13(3,4)5/h11-12,14H,8-10H2,1-5H3. The van der Waals surface area contributed by atoms with Crippen molar-refractivity contribution >= 4 is 0 Å². The Morgan fingerprint density at radius 1 is 1.29 bits per heavy atom. The zero-order valence-electron chi connectivity index (χ0n) is 10.2. The molecule has 0 saturated heterocycles. The molecule has 0 amide bonds. The minimum absolute atomic E-state index is 0.190. The van der Waals surface area contributed by atoms with E-state index < -0.39 is 0 Å². The van der Waals surface area contributed by atoms with Gasteiger partial charge in [-0.1, -0.05) is 27.7 Å². The Kier molecular flexibility index (Phi) is 5.88. The smallest absolute Gasteiger partial charge is 0.0552 e. The summed E-state index contributed by atoms with van der Waals surface area (Å²) in [4.78, 5) is 0. The monoisotopic (exact) mass is 196 g/mol. The minimum Gasteiger partial charge on any atom is -0.393 e. The Morgan fingerprint density at radius 3 is 2.29 bits per heavy atom. The molecule has 2 unspecified atom stereocenters. The fraction of sp³-hybridized carbons (Fsp3) is 0.846. The van der Waals surface area contributed by atoms with E-state index in [0.717, 1.165) is 19.3 Å². The van der Waals surface area contributed by atoms with Crippen LogP contribution in [0.4, 0.5) is 0 Å². The number of rotatable bonds is 4. The molecular formula is C13H24O. The summed E-state index contributed by atoms with van der Waals surface area (Å²) in [5.74, 6) is 6.37. The first-order chi connectivity index (χ1) is 6.38. The molecule has 0 spiro atoms. The summed E-state index contributed by atoms with van der Waals surface area (Å²) >= 11 is 0. The van der Waals surface area contributed by atoms with Crippen LogP contribution in [0.15, 0.2) is 0 Å². The molecule has 1 nitrogen and oxygen atoms in total. The zero-order chi connectivity index (χ0) is 11.2. The van der Waals surface area contributed by atoms with E-state index in [4.69, 9.17) is 0 Å². The van der Waals surface area contributed by atoms with Crippen LogP contribution in [-0.4, -0.2) is 11.2 Å². The first kappa shape index (κ1) is 13.5. The van der Waals surface area contributed by atoms with Gasteiger partial charge in [0.15, 0.2) is 0 Å². The lowest BCUT2D eigenvalue weighted by molar-refractivity contribution is 0.104. The molecule has 0 aromatic rings. The van der Waals surface area contributed by atoms with Gasteiger partial charge in [0.05, 0.1) is 6.10 Å². The van der Waals surface area contributed by atoms with Crippen LogP contribution < -0.4 is 0 Å². The molecule has 0 rings (SSSR count). The van der Waals surface area contributed by atoms with Crippen LogP contribution in [0.25, 0.3) is 0 Å². The summed E-state index contributed by atoms with van der Waals surface area (Å²) in [6.45, 7) is 10.7. The second-order valence-electron chi connectivity index (χ2n) is 5.12. The van der Waals surface area contributed by atoms with Gasteiger partial charge in [0, 0.05) is 6.42 Å². The molecule has 0 aliphatic rings. The van der Waals surface area contributed by atoms with Crippen LogP contribution in [0.2, 0.25) is 0 Å². The highest BCUT2D eigenvalue weighted by Gasteiger charge is 2.22. The molecule has 14 heavy (non-hydrogen) atoms. The zero-order valence-corrected chi connectivity index (χ0v) is 10.2. The molecule has 1 N–H and O–H groups in total. The van der Waals surface area contributed by atoms with Crippen LogP contribution in [0.1, 0.15) is 53.9 Å². The maximum Gasteiger partial charge on any atom is 0.0552 e. The van der Waals surface area contributed by atoms with Crippen LogP contribution in [-0.2, 0) is 0 Å². The quantitative estimate of drug-likeness (QED) is 0.684. The van der Waals surface area contributed by atoms with Crippen molar-refractivity contribution in [3.05, 3.63) is 0 Å². The van der Waals surface area contributed by atoms with Crippen LogP contribution in [0, 0.1) is 23.2 Å². The second-order valence-corrected chi connectivity index (χ2v) is 5.12. The molecule has 0 aliphatic carbocycles. The molecule has 0 aromatic carbocycles. The minimum atomic E-state index is -0.190. The SMILES string of the molecule is CC#CCCC(O)CC(C)C(C)(C)C. The maximum atomic E-state index is 9.74. The third-order valence-electron chi connectivity index (χ3n) is 2.88. The van der Waals surface area contributed by atoms with Gasteiger partial charge in [-0.25, -0.2) is 0 Å². The van der Waals surface area contributed by atoms with E-state index in [1.165, 1.54) is 0 Å². The van der Waals surface area contributed by atoms with Crippen molar-refractivity contribution in [3.63, 3.8) is 0 Å². The lowest BCUT2D eigenvalue weighted by Crippen LogP contribution is -2.22. The van der Waals surface area contributed by atoms with Crippen molar-refractivity contribution in [2.24, 2.45) is 11.3 Å². The second kappa shape index (κ2) is 6.09. The van der Waals surface area contributed by atoms with E-state index in [-0.39, 0.29) is 11.5 Å². The Bertz CT molecular complexity index is 202. The van der Waals surface area contributed by atoms with E-state index in [1.54, 1.807) is 0 Å². The van der Waals surface area contributed by atoms with Crippen molar-refractivity contribution < 1.29 is 5.11 Å². The van der Waals surface area contributed by atoms with Gasteiger partial charge in [-0.3, -0.25) is 0 Å². The van der Waals surface area contributed by atoms with Gasteiger partial charge in [0.25, 0.3) is 0 Å². The highest BCUT2D eigenvalue weighted by atomic mass is 16.3. The van der Waals surface area contributed by atoms with Gasteiger partial charge < -0.3 is 5.11 Å². The van der Waals surface area contributed by atoms with Crippen molar-refractivity contribution in [2.75, 3.05) is 0 Å². The largest absolute Gasteiger partial charge is 0.393 e. The Hall–Kier alpha value is -0.480. The fourth-order valence-electron chi connectivity index (χ4n) is 1.24. The molecule has 82 valence electrons. The third-order valence-corrected chi connectivity index (χ3v) is 2.88. The molecule has 2 atom stereocenters. The summed E-state index contributed by atoms with van der Waals surface area (Å²) in [6, 6.07) is 0. The van der Waals surface area contributed by atoms with E-state index in [1.807, 2.05) is 6.92 Å². The molecular weight excluding hydrogens is 172 g/mol. The van der Waals surface area contributed by atoms with Crippen LogP contribution >= 0.6 is 0 Å². The lowest BCUT2D eigenvalue weighted by atomic mass is 9.78. The first-order valence-electron chi connectivity index (χ1n) is 5.45. The Labute approximate surface area is 88.9 Å². The maximum absolute atomic E-state index is 9.74. The summed E-state index contributed by atoms with van der Waals surface area (Å²) in [5.41, 5.74) is 0.289. The predicted molar refractivity (Wildman–Crippen MR) is 61.9 cm³/mol. The molecule has 0 heterocycles. The van der Waals surface area contributed by atoms with Gasteiger partial charge in [-0.15, -0.1) is 11.8 Å². The summed E-state index contributed by atoms with van der Waals surface area (Å²) in [7, 11) is 0. The summed E-state index contributed by atoms with van der Waals surface area (Å²) in [6.07, 6.45) is 2.31. The average Bonchev–Trinajstić information content (AvgIpc) is 2.03. The van der Waals surface area contributed by atoms with Crippen molar-refractivity contribution in [1.29, 1.82) is 0 Å². The topological polar surface area (TPSA) is 20.2 Å². The molecule has 0 aliphatic heterocycles. The van der Waals surface area contributed by atoms with E-state index in [2.05, 4.69) is 39.5 Å². The fourth-order valence-corrected chi connectivity index (χ4v) is 1.24. The highest BCUT2D eigenvalue weighted by molar-refractivity contribution is 4.95. The molecule has 0 radical (unpaired) electrons. The highest BCUT2D eigenvalue weighted by Crippen LogP contribution is 2.29.